The Kier molecular flexibility index (Phi) is 4.34. The molecule has 3 aliphatic rings. The van der Waals surface area contributed by atoms with Crippen LogP contribution in [0, 0.1) is 0 Å². The Balaban J connectivity index is 1.18. The number of anilines is 3. The highest BCUT2D eigenvalue weighted by atomic mass is 16.2. The van der Waals surface area contributed by atoms with Gasteiger partial charge in [0.2, 0.25) is 0 Å². The Morgan fingerprint density at radius 2 is 1.87 bits per heavy atom. The molecule has 5 heterocycles. The van der Waals surface area contributed by atoms with Crippen molar-refractivity contribution >= 4 is 28.9 Å². The van der Waals surface area contributed by atoms with Crippen LogP contribution in [-0.4, -0.2) is 69.5 Å². The molecular weight excluding hydrogens is 390 g/mol. The van der Waals surface area contributed by atoms with Crippen molar-refractivity contribution in [3.63, 3.8) is 0 Å². The van der Waals surface area contributed by atoms with Crippen LogP contribution in [0.15, 0.2) is 36.8 Å². The zero-order valence-corrected chi connectivity index (χ0v) is 17.8. The molecule has 0 saturated carbocycles. The summed E-state index contributed by atoms with van der Waals surface area (Å²) < 4.78 is 2.03. The Hall–Kier alpha value is -3.13. The van der Waals surface area contributed by atoms with Gasteiger partial charge in [-0.2, -0.15) is 0 Å². The molecular formula is C23H27N7O. The molecule has 6 rings (SSSR count). The number of rotatable bonds is 3. The van der Waals surface area contributed by atoms with Crippen molar-refractivity contribution in [2.75, 3.05) is 43.4 Å². The van der Waals surface area contributed by atoms with Gasteiger partial charge in [0.1, 0.15) is 0 Å². The number of nitrogens with zero attached hydrogens (tertiary/aromatic N) is 6. The molecule has 1 aromatic carbocycles. The molecule has 0 unspecified atom stereocenters. The van der Waals surface area contributed by atoms with Gasteiger partial charge < -0.3 is 15.1 Å². The summed E-state index contributed by atoms with van der Waals surface area (Å²) in [5.74, 6) is 0.745. The van der Waals surface area contributed by atoms with Gasteiger partial charge in [-0.1, -0.05) is 6.07 Å². The van der Waals surface area contributed by atoms with Crippen LogP contribution < -0.4 is 10.2 Å². The number of carbonyl (C=O) groups excluding carboxylic acids is 1. The molecule has 8 heteroatoms. The van der Waals surface area contributed by atoms with Crippen molar-refractivity contribution in [1.82, 2.24) is 24.2 Å². The Morgan fingerprint density at radius 3 is 2.65 bits per heavy atom. The van der Waals surface area contributed by atoms with Gasteiger partial charge in [0, 0.05) is 44.1 Å². The van der Waals surface area contributed by atoms with E-state index in [1.54, 1.807) is 6.20 Å². The highest BCUT2D eigenvalue weighted by Crippen LogP contribution is 2.50. The number of aromatic nitrogens is 3. The molecule has 0 atom stereocenters. The first-order valence-electron chi connectivity index (χ1n) is 11.2. The highest BCUT2D eigenvalue weighted by Gasteiger charge is 2.39. The highest BCUT2D eigenvalue weighted by molar-refractivity contribution is 6.15. The normalized spacial score (nSPS) is 19.1. The quantitative estimate of drug-likeness (QED) is 0.660. The first-order chi connectivity index (χ1) is 15.2. The first-order valence-corrected chi connectivity index (χ1v) is 11.2. The van der Waals surface area contributed by atoms with E-state index in [1.807, 2.05) is 39.7 Å². The maximum Gasteiger partial charge on any atom is 0.329 e. The van der Waals surface area contributed by atoms with Crippen LogP contribution in [0.2, 0.25) is 0 Å². The van der Waals surface area contributed by atoms with Gasteiger partial charge in [0.25, 0.3) is 0 Å². The number of fused-ring (bicyclic) bond motifs is 2. The number of amides is 2. The van der Waals surface area contributed by atoms with Gasteiger partial charge in [0.15, 0.2) is 11.5 Å². The number of nitrogens with one attached hydrogen (secondary N) is 1. The van der Waals surface area contributed by atoms with E-state index >= 15 is 0 Å². The van der Waals surface area contributed by atoms with Gasteiger partial charge in [-0.15, -0.1) is 0 Å². The molecule has 2 aromatic heterocycles. The first kappa shape index (κ1) is 18.6. The molecule has 0 spiro atoms. The third-order valence-electron chi connectivity index (χ3n) is 6.95. The van der Waals surface area contributed by atoms with Crippen molar-refractivity contribution in [2.24, 2.45) is 0 Å². The lowest BCUT2D eigenvalue weighted by atomic mass is 10.0. The molecule has 3 aliphatic heterocycles. The predicted molar refractivity (Wildman–Crippen MR) is 121 cm³/mol. The fraction of sp³-hybridized carbons (Fsp3) is 0.435. The van der Waals surface area contributed by atoms with E-state index in [0.29, 0.717) is 6.04 Å². The average molecular weight is 418 g/mol. The topological polar surface area (TPSA) is 68.8 Å². The van der Waals surface area contributed by atoms with Crippen LogP contribution in [0.1, 0.15) is 25.7 Å². The number of likely N-dealkylation sites (tertiary alicyclic amines) is 2. The van der Waals surface area contributed by atoms with E-state index in [2.05, 4.69) is 32.3 Å². The van der Waals surface area contributed by atoms with Crippen LogP contribution >= 0.6 is 0 Å². The SMILES string of the molecule is CNc1nccn2c(-c3ccc4c(c3)N4C(=O)N3CCC(N4CCCC4)CC3)cnc12. The van der Waals surface area contributed by atoms with Gasteiger partial charge >= 0.3 is 6.03 Å². The van der Waals surface area contributed by atoms with Crippen molar-refractivity contribution in [3.8, 4) is 11.3 Å². The number of hydrogen-bond acceptors (Lipinski definition) is 5. The van der Waals surface area contributed by atoms with Crippen LogP contribution in [0.25, 0.3) is 16.9 Å². The van der Waals surface area contributed by atoms with Crippen LogP contribution in [0.4, 0.5) is 22.0 Å². The van der Waals surface area contributed by atoms with Crippen molar-refractivity contribution < 1.29 is 4.79 Å². The second-order valence-electron chi connectivity index (χ2n) is 8.65. The van der Waals surface area contributed by atoms with Crippen molar-refractivity contribution in [1.29, 1.82) is 0 Å². The minimum Gasteiger partial charge on any atom is -0.370 e. The second-order valence-corrected chi connectivity index (χ2v) is 8.65. The number of imidazole rings is 1. The number of hydrogen-bond donors (Lipinski definition) is 1. The summed E-state index contributed by atoms with van der Waals surface area (Å²) in [5.41, 5.74) is 4.84. The number of benzene rings is 1. The van der Waals surface area contributed by atoms with E-state index in [1.165, 1.54) is 25.9 Å². The zero-order valence-electron chi connectivity index (χ0n) is 17.8. The van der Waals surface area contributed by atoms with E-state index in [-0.39, 0.29) is 6.03 Å². The lowest BCUT2D eigenvalue weighted by Crippen LogP contribution is -2.47. The Bertz CT molecular complexity index is 1140. The van der Waals surface area contributed by atoms with E-state index in [0.717, 1.165) is 60.0 Å². The number of carbonyl (C=O) groups is 1. The largest absolute Gasteiger partial charge is 0.370 e. The Labute approximate surface area is 181 Å². The van der Waals surface area contributed by atoms with E-state index in [4.69, 9.17) is 0 Å². The molecule has 2 amide bonds. The summed E-state index contributed by atoms with van der Waals surface area (Å²) in [6.45, 7) is 4.16. The third-order valence-corrected chi connectivity index (χ3v) is 6.95. The molecule has 31 heavy (non-hydrogen) atoms. The smallest absolute Gasteiger partial charge is 0.329 e. The number of urea groups is 1. The predicted octanol–water partition coefficient (Wildman–Crippen LogP) is 3.57. The summed E-state index contributed by atoms with van der Waals surface area (Å²) in [4.78, 5) is 28.5. The lowest BCUT2D eigenvalue weighted by Gasteiger charge is -2.36. The molecule has 2 fully saturated rings. The molecule has 0 aliphatic carbocycles. The average Bonchev–Trinajstić information content (AvgIpc) is 3.15. The van der Waals surface area contributed by atoms with Crippen LogP contribution in [0.5, 0.6) is 0 Å². The number of piperidine rings is 1. The minimum atomic E-state index is 0.117. The zero-order chi connectivity index (χ0) is 20.9. The maximum atomic E-state index is 13.1. The maximum absolute atomic E-state index is 13.1. The lowest BCUT2D eigenvalue weighted by molar-refractivity contribution is 0.139. The van der Waals surface area contributed by atoms with Crippen molar-refractivity contribution in [2.45, 2.75) is 31.7 Å². The van der Waals surface area contributed by atoms with E-state index < -0.39 is 0 Å². The monoisotopic (exact) mass is 417 g/mol. The summed E-state index contributed by atoms with van der Waals surface area (Å²) in [7, 11) is 1.84. The van der Waals surface area contributed by atoms with Gasteiger partial charge in [-0.25, -0.2) is 14.8 Å². The molecule has 8 nitrogen and oxygen atoms in total. The fourth-order valence-electron chi connectivity index (χ4n) is 5.20. The second kappa shape index (κ2) is 7.23. The molecule has 0 radical (unpaired) electrons. The standard InChI is InChI=1S/C23H27N7O/c1-24-21-22-26-15-20(29(22)13-8-25-21)16-4-5-18-19(14-16)30(18)23(31)28-11-6-17(7-12-28)27-9-2-3-10-27/h4-5,8,13-15,17H,2-3,6-7,9-12H2,1H3,(H,24,25). The summed E-state index contributed by atoms with van der Waals surface area (Å²) in [6, 6.07) is 6.97. The molecule has 160 valence electrons. The van der Waals surface area contributed by atoms with Gasteiger partial charge in [-0.3, -0.25) is 9.30 Å². The molecule has 2 saturated heterocycles. The molecule has 3 aromatic rings. The van der Waals surface area contributed by atoms with Crippen LogP contribution in [-0.2, 0) is 0 Å². The minimum absolute atomic E-state index is 0.117. The Morgan fingerprint density at radius 1 is 1.06 bits per heavy atom. The van der Waals surface area contributed by atoms with E-state index in [9.17, 15) is 4.79 Å². The fourth-order valence-corrected chi connectivity index (χ4v) is 5.20. The van der Waals surface area contributed by atoms with Crippen LogP contribution in [0.3, 0.4) is 0 Å². The summed E-state index contributed by atoms with van der Waals surface area (Å²) >= 11 is 0. The molecule has 1 N–H and O–H groups in total. The van der Waals surface area contributed by atoms with Gasteiger partial charge in [0.05, 0.1) is 23.3 Å². The molecule has 0 bridgehead atoms. The van der Waals surface area contributed by atoms with Crippen molar-refractivity contribution in [3.05, 3.63) is 36.8 Å². The van der Waals surface area contributed by atoms with Gasteiger partial charge in [-0.05, 0) is 50.9 Å². The summed E-state index contributed by atoms with van der Waals surface area (Å²) in [5, 5.41) is 3.08. The third kappa shape index (κ3) is 3.05. The summed E-state index contributed by atoms with van der Waals surface area (Å²) in [6.07, 6.45) is 10.4.